The number of rotatable bonds is 4. The Hall–Kier alpha value is -0.910. The molecular weight excluding hydrogens is 286 g/mol. The molecule has 1 aromatic rings. The van der Waals surface area contributed by atoms with Crippen LogP contribution in [0.5, 0.6) is 0 Å². The van der Waals surface area contributed by atoms with Crippen LogP contribution in [0.4, 0.5) is 0 Å². The molecule has 1 saturated carbocycles. The van der Waals surface area contributed by atoms with E-state index >= 15 is 0 Å². The van der Waals surface area contributed by atoms with Crippen LogP contribution < -0.4 is 5.32 Å². The van der Waals surface area contributed by atoms with Gasteiger partial charge in [-0.25, -0.2) is 0 Å². The fourth-order valence-corrected chi connectivity index (χ4v) is 4.09. The lowest BCUT2D eigenvalue weighted by atomic mass is 9.89. The molecule has 2 aliphatic rings. The number of hydrogen-bond donors (Lipinski definition) is 1. The van der Waals surface area contributed by atoms with Crippen LogP contribution in [0, 0.1) is 6.92 Å². The third-order valence-electron chi connectivity index (χ3n) is 4.39. The Balaban J connectivity index is 1.43. The molecule has 1 amide bonds. The Morgan fingerprint density at radius 3 is 2.90 bits per heavy atom. The Morgan fingerprint density at radius 1 is 1.33 bits per heavy atom. The van der Waals surface area contributed by atoms with E-state index in [4.69, 9.17) is 9.47 Å². The van der Waals surface area contributed by atoms with Crippen LogP contribution in [0.25, 0.3) is 0 Å². The van der Waals surface area contributed by atoms with Gasteiger partial charge in [-0.15, -0.1) is 11.3 Å². The molecule has 0 spiro atoms. The van der Waals surface area contributed by atoms with Crippen molar-refractivity contribution in [1.29, 1.82) is 0 Å². The molecule has 1 aromatic heterocycles. The van der Waals surface area contributed by atoms with Crippen molar-refractivity contribution in [2.24, 2.45) is 0 Å². The monoisotopic (exact) mass is 309 g/mol. The molecule has 1 N–H and O–H groups in total. The van der Waals surface area contributed by atoms with E-state index < -0.39 is 0 Å². The Bertz CT molecular complexity index is 488. The maximum Gasteiger partial charge on any atom is 0.220 e. The normalized spacial score (nSPS) is 28.9. The van der Waals surface area contributed by atoms with Crippen molar-refractivity contribution in [3.8, 4) is 0 Å². The second-order valence-electron chi connectivity index (χ2n) is 5.92. The van der Waals surface area contributed by atoms with Gasteiger partial charge in [0, 0.05) is 17.3 Å². The van der Waals surface area contributed by atoms with Crippen molar-refractivity contribution in [2.45, 2.75) is 57.3 Å². The van der Waals surface area contributed by atoms with E-state index in [9.17, 15) is 4.79 Å². The third-order valence-corrected chi connectivity index (χ3v) is 5.47. The molecule has 0 bridgehead atoms. The summed E-state index contributed by atoms with van der Waals surface area (Å²) in [6.45, 7) is 3.49. The molecule has 1 aliphatic carbocycles. The van der Waals surface area contributed by atoms with Crippen LogP contribution in [-0.2, 0) is 20.7 Å². The van der Waals surface area contributed by atoms with Gasteiger partial charge in [-0.2, -0.15) is 0 Å². The van der Waals surface area contributed by atoms with Crippen molar-refractivity contribution in [2.75, 3.05) is 13.2 Å². The van der Waals surface area contributed by atoms with Crippen LogP contribution in [0.2, 0.25) is 0 Å². The summed E-state index contributed by atoms with van der Waals surface area (Å²) < 4.78 is 11.5. The maximum absolute atomic E-state index is 12.1. The molecular formula is C16H23NO3S. The number of hydrogen-bond acceptors (Lipinski definition) is 4. The SMILES string of the molecule is Cc1ccsc1CCC(=O)NC1CCC2OCCOC2C1. The van der Waals surface area contributed by atoms with Gasteiger partial charge < -0.3 is 14.8 Å². The third kappa shape index (κ3) is 3.84. The quantitative estimate of drug-likeness (QED) is 0.929. The average molecular weight is 309 g/mol. The number of carbonyl (C=O) groups is 1. The van der Waals surface area contributed by atoms with Gasteiger partial charge in [0.05, 0.1) is 25.4 Å². The van der Waals surface area contributed by atoms with Gasteiger partial charge >= 0.3 is 0 Å². The average Bonchev–Trinajstić information content (AvgIpc) is 2.90. The molecule has 4 nitrogen and oxygen atoms in total. The number of carbonyl (C=O) groups excluding carboxylic acids is 1. The molecule has 2 fully saturated rings. The zero-order valence-electron chi connectivity index (χ0n) is 12.5. The predicted molar refractivity (Wildman–Crippen MR) is 82.6 cm³/mol. The summed E-state index contributed by atoms with van der Waals surface area (Å²) in [5.41, 5.74) is 1.29. The Kier molecular flexibility index (Phi) is 4.93. The van der Waals surface area contributed by atoms with Crippen LogP contribution in [0.15, 0.2) is 11.4 Å². The highest BCUT2D eigenvalue weighted by Crippen LogP contribution is 2.27. The first-order valence-corrected chi connectivity index (χ1v) is 8.66. The Labute approximate surface area is 129 Å². The van der Waals surface area contributed by atoms with E-state index in [0.29, 0.717) is 19.6 Å². The number of aryl methyl sites for hydroxylation is 2. The largest absolute Gasteiger partial charge is 0.373 e. The minimum atomic E-state index is 0.156. The van der Waals surface area contributed by atoms with E-state index in [0.717, 1.165) is 25.7 Å². The van der Waals surface area contributed by atoms with E-state index in [1.807, 2.05) is 0 Å². The van der Waals surface area contributed by atoms with Crippen molar-refractivity contribution >= 4 is 17.2 Å². The molecule has 5 heteroatoms. The van der Waals surface area contributed by atoms with Crippen LogP contribution >= 0.6 is 11.3 Å². The van der Waals surface area contributed by atoms with Gasteiger partial charge in [0.15, 0.2) is 0 Å². The summed E-state index contributed by atoms with van der Waals surface area (Å²) in [6, 6.07) is 2.35. The topological polar surface area (TPSA) is 47.6 Å². The summed E-state index contributed by atoms with van der Waals surface area (Å²) in [4.78, 5) is 13.4. The number of ether oxygens (including phenoxy) is 2. The highest BCUT2D eigenvalue weighted by Gasteiger charge is 2.34. The van der Waals surface area contributed by atoms with E-state index in [2.05, 4.69) is 23.7 Å². The molecule has 0 radical (unpaired) electrons. The minimum absolute atomic E-state index is 0.156. The molecule has 3 atom stereocenters. The van der Waals surface area contributed by atoms with Gasteiger partial charge in [-0.3, -0.25) is 4.79 Å². The number of fused-ring (bicyclic) bond motifs is 1. The van der Waals surface area contributed by atoms with E-state index in [1.54, 1.807) is 11.3 Å². The van der Waals surface area contributed by atoms with Crippen LogP contribution in [-0.4, -0.2) is 37.4 Å². The van der Waals surface area contributed by atoms with Gasteiger partial charge in [0.1, 0.15) is 0 Å². The van der Waals surface area contributed by atoms with Gasteiger partial charge in [0.2, 0.25) is 5.91 Å². The van der Waals surface area contributed by atoms with Crippen molar-refractivity contribution in [3.05, 3.63) is 21.9 Å². The molecule has 2 heterocycles. The lowest BCUT2D eigenvalue weighted by Crippen LogP contribution is -2.49. The summed E-state index contributed by atoms with van der Waals surface area (Å²) in [5, 5.41) is 5.25. The lowest BCUT2D eigenvalue weighted by Gasteiger charge is -2.39. The van der Waals surface area contributed by atoms with Crippen LogP contribution in [0.3, 0.4) is 0 Å². The fraction of sp³-hybridized carbons (Fsp3) is 0.688. The second kappa shape index (κ2) is 6.90. The van der Waals surface area contributed by atoms with Crippen LogP contribution in [0.1, 0.15) is 36.1 Å². The molecule has 116 valence electrons. The summed E-state index contributed by atoms with van der Waals surface area (Å²) >= 11 is 1.74. The molecule has 1 saturated heterocycles. The summed E-state index contributed by atoms with van der Waals surface area (Å²) in [6.07, 6.45) is 4.68. The molecule has 3 unspecified atom stereocenters. The molecule has 3 rings (SSSR count). The second-order valence-corrected chi connectivity index (χ2v) is 6.92. The summed E-state index contributed by atoms with van der Waals surface area (Å²) in [5.74, 6) is 0.156. The van der Waals surface area contributed by atoms with Crippen molar-refractivity contribution in [3.63, 3.8) is 0 Å². The lowest BCUT2D eigenvalue weighted by molar-refractivity contribution is -0.158. The molecule has 21 heavy (non-hydrogen) atoms. The first kappa shape index (κ1) is 15.0. The van der Waals surface area contributed by atoms with Crippen molar-refractivity contribution in [1.82, 2.24) is 5.32 Å². The first-order chi connectivity index (χ1) is 10.2. The maximum atomic E-state index is 12.1. The van der Waals surface area contributed by atoms with Crippen molar-refractivity contribution < 1.29 is 14.3 Å². The van der Waals surface area contributed by atoms with Gasteiger partial charge in [0.25, 0.3) is 0 Å². The molecule has 1 aliphatic heterocycles. The van der Waals surface area contributed by atoms with E-state index in [-0.39, 0.29) is 24.2 Å². The zero-order chi connectivity index (χ0) is 14.7. The van der Waals surface area contributed by atoms with Gasteiger partial charge in [-0.1, -0.05) is 0 Å². The number of amides is 1. The fourth-order valence-electron chi connectivity index (χ4n) is 3.18. The minimum Gasteiger partial charge on any atom is -0.373 e. The standard InChI is InChI=1S/C16H23NO3S/c1-11-6-9-21-15(11)4-5-16(18)17-12-2-3-13-14(10-12)20-8-7-19-13/h6,9,12-14H,2-5,7-8,10H2,1H3,(H,17,18). The summed E-state index contributed by atoms with van der Waals surface area (Å²) in [7, 11) is 0. The smallest absolute Gasteiger partial charge is 0.220 e. The highest BCUT2D eigenvalue weighted by atomic mass is 32.1. The Morgan fingerprint density at radius 2 is 2.14 bits per heavy atom. The van der Waals surface area contributed by atoms with Gasteiger partial charge in [-0.05, 0) is 49.6 Å². The number of thiophene rings is 1. The highest BCUT2D eigenvalue weighted by molar-refractivity contribution is 7.10. The molecule has 0 aromatic carbocycles. The predicted octanol–water partition coefficient (Wildman–Crippen LogP) is 2.44. The van der Waals surface area contributed by atoms with E-state index in [1.165, 1.54) is 10.4 Å². The number of nitrogens with one attached hydrogen (secondary N) is 1. The first-order valence-electron chi connectivity index (χ1n) is 7.78. The zero-order valence-corrected chi connectivity index (χ0v) is 13.3.